The van der Waals surface area contributed by atoms with Crippen LogP contribution in [-0.2, 0) is 14.4 Å². The Hall–Kier alpha value is -1.63. The second-order valence-electron chi connectivity index (χ2n) is 4.88. The highest BCUT2D eigenvalue weighted by molar-refractivity contribution is 5.83. The molecule has 0 aromatic carbocycles. The molecule has 104 valence electrons. The van der Waals surface area contributed by atoms with Crippen LogP contribution in [0.15, 0.2) is 0 Å². The number of hydrogen-bond donors (Lipinski definition) is 4. The number of nitrogens with two attached hydrogens (primary N) is 1. The zero-order valence-electron chi connectivity index (χ0n) is 10.6. The van der Waals surface area contributed by atoms with E-state index in [1.54, 1.807) is 13.8 Å². The van der Waals surface area contributed by atoms with Crippen molar-refractivity contribution in [2.45, 2.75) is 51.1 Å². The zero-order valence-corrected chi connectivity index (χ0v) is 10.6. The molecule has 0 aliphatic rings. The minimum atomic E-state index is -1.24. The molecule has 7 nitrogen and oxygen atoms in total. The first kappa shape index (κ1) is 16.4. The molecule has 0 bridgehead atoms. The SMILES string of the molecule is CC(C)(N)CCC(=O)NC(CCC(=O)O)C(=O)O. The summed E-state index contributed by atoms with van der Waals surface area (Å²) in [6, 6.07) is -1.17. The molecular weight excluding hydrogens is 240 g/mol. The highest BCUT2D eigenvalue weighted by atomic mass is 16.4. The average molecular weight is 260 g/mol. The van der Waals surface area contributed by atoms with Crippen LogP contribution in [0.25, 0.3) is 0 Å². The summed E-state index contributed by atoms with van der Waals surface area (Å²) >= 11 is 0. The fourth-order valence-corrected chi connectivity index (χ4v) is 1.23. The highest BCUT2D eigenvalue weighted by Gasteiger charge is 2.21. The van der Waals surface area contributed by atoms with Gasteiger partial charge in [-0.1, -0.05) is 0 Å². The molecule has 0 heterocycles. The lowest BCUT2D eigenvalue weighted by atomic mass is 10.00. The van der Waals surface area contributed by atoms with E-state index >= 15 is 0 Å². The number of carboxylic acids is 2. The van der Waals surface area contributed by atoms with Crippen LogP contribution in [0.5, 0.6) is 0 Å². The van der Waals surface area contributed by atoms with Gasteiger partial charge in [0.05, 0.1) is 0 Å². The Bertz CT molecular complexity index is 322. The van der Waals surface area contributed by atoms with Gasteiger partial charge in [0.1, 0.15) is 6.04 Å². The Balaban J connectivity index is 4.20. The average Bonchev–Trinajstić information content (AvgIpc) is 2.19. The van der Waals surface area contributed by atoms with Crippen LogP contribution in [0.2, 0.25) is 0 Å². The van der Waals surface area contributed by atoms with Crippen LogP contribution in [0.4, 0.5) is 0 Å². The molecule has 0 aliphatic carbocycles. The topological polar surface area (TPSA) is 130 Å². The Kier molecular flexibility index (Phi) is 6.32. The van der Waals surface area contributed by atoms with Crippen molar-refractivity contribution in [2.75, 3.05) is 0 Å². The number of hydrogen-bond acceptors (Lipinski definition) is 4. The lowest BCUT2D eigenvalue weighted by Gasteiger charge is -2.19. The molecule has 18 heavy (non-hydrogen) atoms. The number of amides is 1. The maximum Gasteiger partial charge on any atom is 0.326 e. The molecule has 1 amide bonds. The van der Waals surface area contributed by atoms with E-state index in [2.05, 4.69) is 5.32 Å². The Morgan fingerprint density at radius 2 is 1.78 bits per heavy atom. The van der Waals surface area contributed by atoms with E-state index in [1.165, 1.54) is 0 Å². The molecule has 0 fully saturated rings. The Morgan fingerprint density at radius 1 is 1.22 bits per heavy atom. The molecule has 0 aromatic heterocycles. The fraction of sp³-hybridized carbons (Fsp3) is 0.727. The van der Waals surface area contributed by atoms with Crippen molar-refractivity contribution in [1.82, 2.24) is 5.32 Å². The van der Waals surface area contributed by atoms with E-state index in [0.29, 0.717) is 6.42 Å². The highest BCUT2D eigenvalue weighted by Crippen LogP contribution is 2.07. The first-order valence-corrected chi connectivity index (χ1v) is 5.64. The number of carbonyl (C=O) groups excluding carboxylic acids is 1. The van der Waals surface area contributed by atoms with Crippen molar-refractivity contribution in [3.63, 3.8) is 0 Å². The van der Waals surface area contributed by atoms with Gasteiger partial charge in [0, 0.05) is 18.4 Å². The van der Waals surface area contributed by atoms with Crippen molar-refractivity contribution in [2.24, 2.45) is 5.73 Å². The van der Waals surface area contributed by atoms with Crippen LogP contribution in [-0.4, -0.2) is 39.6 Å². The van der Waals surface area contributed by atoms with Gasteiger partial charge in [0.25, 0.3) is 0 Å². The zero-order chi connectivity index (χ0) is 14.3. The Morgan fingerprint density at radius 3 is 2.17 bits per heavy atom. The summed E-state index contributed by atoms with van der Waals surface area (Å²) < 4.78 is 0. The molecule has 1 unspecified atom stereocenters. The summed E-state index contributed by atoms with van der Waals surface area (Å²) in [4.78, 5) is 32.6. The molecule has 0 aromatic rings. The molecule has 0 rings (SSSR count). The smallest absolute Gasteiger partial charge is 0.326 e. The Labute approximate surface area is 105 Å². The third-order valence-electron chi connectivity index (χ3n) is 2.28. The maximum absolute atomic E-state index is 11.5. The minimum absolute atomic E-state index is 0.111. The van der Waals surface area contributed by atoms with Crippen LogP contribution in [0.3, 0.4) is 0 Å². The van der Waals surface area contributed by atoms with Crippen molar-refractivity contribution >= 4 is 17.8 Å². The van der Waals surface area contributed by atoms with Gasteiger partial charge < -0.3 is 21.3 Å². The monoisotopic (exact) mass is 260 g/mol. The van der Waals surface area contributed by atoms with Gasteiger partial charge in [-0.3, -0.25) is 9.59 Å². The lowest BCUT2D eigenvalue weighted by molar-refractivity contribution is -0.143. The van der Waals surface area contributed by atoms with Crippen molar-refractivity contribution < 1.29 is 24.6 Å². The minimum Gasteiger partial charge on any atom is -0.481 e. The molecule has 0 aliphatic heterocycles. The van der Waals surface area contributed by atoms with Gasteiger partial charge in [0.15, 0.2) is 0 Å². The molecule has 7 heteroatoms. The molecule has 0 saturated heterocycles. The van der Waals surface area contributed by atoms with Crippen LogP contribution in [0.1, 0.15) is 39.5 Å². The summed E-state index contributed by atoms with van der Waals surface area (Å²) in [7, 11) is 0. The molecule has 1 atom stereocenters. The number of aliphatic carboxylic acids is 2. The van der Waals surface area contributed by atoms with Crippen LogP contribution in [0, 0.1) is 0 Å². The molecule has 0 saturated carbocycles. The van der Waals surface area contributed by atoms with Crippen molar-refractivity contribution in [1.29, 1.82) is 0 Å². The van der Waals surface area contributed by atoms with E-state index in [9.17, 15) is 14.4 Å². The molecule has 0 spiro atoms. The summed E-state index contributed by atoms with van der Waals surface area (Å²) in [6.45, 7) is 3.53. The lowest BCUT2D eigenvalue weighted by Crippen LogP contribution is -2.42. The van der Waals surface area contributed by atoms with E-state index in [-0.39, 0.29) is 19.3 Å². The number of rotatable bonds is 8. The predicted molar refractivity (Wildman–Crippen MR) is 63.9 cm³/mol. The van der Waals surface area contributed by atoms with Gasteiger partial charge >= 0.3 is 11.9 Å². The van der Waals surface area contributed by atoms with E-state index in [0.717, 1.165) is 0 Å². The maximum atomic E-state index is 11.5. The summed E-state index contributed by atoms with van der Waals surface area (Å²) in [5.74, 6) is -2.78. The van der Waals surface area contributed by atoms with E-state index < -0.39 is 29.4 Å². The van der Waals surface area contributed by atoms with Gasteiger partial charge in [0.2, 0.25) is 5.91 Å². The second-order valence-corrected chi connectivity index (χ2v) is 4.88. The fourth-order valence-electron chi connectivity index (χ4n) is 1.23. The van der Waals surface area contributed by atoms with Crippen LogP contribution < -0.4 is 11.1 Å². The summed E-state index contributed by atoms with van der Waals surface area (Å²) in [5.41, 5.74) is 5.20. The first-order valence-electron chi connectivity index (χ1n) is 5.64. The number of nitrogens with one attached hydrogen (secondary N) is 1. The molecule has 5 N–H and O–H groups in total. The summed E-state index contributed by atoms with van der Waals surface area (Å²) in [5, 5.41) is 19.6. The largest absolute Gasteiger partial charge is 0.481 e. The van der Waals surface area contributed by atoms with Gasteiger partial charge in [-0.25, -0.2) is 4.79 Å². The quantitative estimate of drug-likeness (QED) is 0.483. The predicted octanol–water partition coefficient (Wildman–Crippen LogP) is -0.0619. The van der Waals surface area contributed by atoms with Crippen molar-refractivity contribution in [3.05, 3.63) is 0 Å². The van der Waals surface area contributed by atoms with Gasteiger partial charge in [-0.2, -0.15) is 0 Å². The normalized spacial score (nSPS) is 12.8. The van der Waals surface area contributed by atoms with E-state index in [1.807, 2.05) is 0 Å². The van der Waals surface area contributed by atoms with E-state index in [4.69, 9.17) is 15.9 Å². The number of carbonyl (C=O) groups is 3. The standard InChI is InChI=1S/C11H20N2O5/c1-11(2,12)6-5-8(14)13-7(10(17)18)3-4-9(15)16/h7H,3-6,12H2,1-2H3,(H,13,14)(H,15,16)(H,17,18). The third kappa shape index (κ3) is 8.51. The number of carboxylic acid groups (broad SMARTS) is 2. The third-order valence-corrected chi connectivity index (χ3v) is 2.28. The second kappa shape index (κ2) is 6.95. The van der Waals surface area contributed by atoms with Crippen molar-refractivity contribution in [3.8, 4) is 0 Å². The van der Waals surface area contributed by atoms with Gasteiger partial charge in [-0.15, -0.1) is 0 Å². The van der Waals surface area contributed by atoms with Crippen LogP contribution >= 0.6 is 0 Å². The first-order chi connectivity index (χ1) is 8.11. The molecule has 0 radical (unpaired) electrons. The summed E-state index contributed by atoms with van der Waals surface area (Å²) in [6.07, 6.45) is 0.0898. The van der Waals surface area contributed by atoms with Gasteiger partial charge in [-0.05, 0) is 26.7 Å². The molecular formula is C11H20N2O5.